The molecule has 1 atom stereocenters. The van der Waals surface area contributed by atoms with Crippen molar-refractivity contribution in [3.05, 3.63) is 35.4 Å². The lowest BCUT2D eigenvalue weighted by Gasteiger charge is -2.07. The van der Waals surface area contributed by atoms with E-state index in [0.717, 1.165) is 0 Å². The van der Waals surface area contributed by atoms with Crippen LogP contribution in [0.1, 0.15) is 102 Å². The van der Waals surface area contributed by atoms with Crippen LogP contribution in [-0.4, -0.2) is 0 Å². The smallest absolute Gasteiger partial charge is 0.0266 e. The summed E-state index contributed by atoms with van der Waals surface area (Å²) in [5.74, 6) is 0. The van der Waals surface area contributed by atoms with Crippen LogP contribution in [0.15, 0.2) is 24.3 Å². The molecule has 0 aliphatic heterocycles. The van der Waals surface area contributed by atoms with Crippen LogP contribution in [0, 0.1) is 0 Å². The molecule has 1 unspecified atom stereocenters. The minimum atomic E-state index is 0.149. The number of aryl methyl sites for hydroxylation is 1. The molecular weight excluding hydrogens is 266 g/mol. The molecule has 0 bridgehead atoms. The van der Waals surface area contributed by atoms with Crippen molar-refractivity contribution in [3.63, 3.8) is 0 Å². The van der Waals surface area contributed by atoms with Crippen molar-refractivity contribution in [3.8, 4) is 0 Å². The van der Waals surface area contributed by atoms with E-state index in [2.05, 4.69) is 31.2 Å². The molecular formula is C21H37N. The monoisotopic (exact) mass is 303 g/mol. The Bertz CT molecular complexity index is 353. The predicted octanol–water partition coefficient (Wildman–Crippen LogP) is 6.56. The fourth-order valence-corrected chi connectivity index (χ4v) is 2.98. The van der Waals surface area contributed by atoms with Gasteiger partial charge in [-0.3, -0.25) is 0 Å². The van der Waals surface area contributed by atoms with Crippen molar-refractivity contribution >= 4 is 0 Å². The standard InChI is InChI=1S/C21H37N/c1-3-4-5-6-7-8-9-10-11-12-13-14-20-15-17-21(18-16-20)19(2)22/h15-19H,3-14,22H2,1-2H3. The molecule has 126 valence electrons. The SMILES string of the molecule is CCCCCCCCCCCCCc1ccc(C(C)N)cc1. The Labute approximate surface area is 138 Å². The van der Waals surface area contributed by atoms with Gasteiger partial charge in [-0.2, -0.15) is 0 Å². The maximum absolute atomic E-state index is 5.88. The molecule has 0 amide bonds. The molecule has 1 heteroatoms. The highest BCUT2D eigenvalue weighted by Crippen LogP contribution is 2.15. The summed E-state index contributed by atoms with van der Waals surface area (Å²) < 4.78 is 0. The Kier molecular flexibility index (Phi) is 11.1. The molecule has 0 radical (unpaired) electrons. The van der Waals surface area contributed by atoms with E-state index in [-0.39, 0.29) is 6.04 Å². The molecule has 1 aromatic rings. The summed E-state index contributed by atoms with van der Waals surface area (Å²) in [5, 5.41) is 0. The third-order valence-corrected chi connectivity index (χ3v) is 4.57. The van der Waals surface area contributed by atoms with Gasteiger partial charge in [-0.15, -0.1) is 0 Å². The molecule has 0 aliphatic rings. The molecule has 2 N–H and O–H groups in total. The molecule has 0 saturated carbocycles. The van der Waals surface area contributed by atoms with Crippen LogP contribution < -0.4 is 5.73 Å². The number of rotatable bonds is 13. The number of hydrogen-bond acceptors (Lipinski definition) is 1. The normalized spacial score (nSPS) is 12.5. The number of nitrogens with two attached hydrogens (primary N) is 1. The molecule has 0 heterocycles. The van der Waals surface area contributed by atoms with E-state index in [0.29, 0.717) is 0 Å². The maximum Gasteiger partial charge on any atom is 0.0266 e. The lowest BCUT2D eigenvalue weighted by molar-refractivity contribution is 0.549. The molecule has 0 aromatic heterocycles. The van der Waals surface area contributed by atoms with Crippen molar-refractivity contribution in [2.45, 2.75) is 96.9 Å². The highest BCUT2D eigenvalue weighted by molar-refractivity contribution is 5.24. The van der Waals surface area contributed by atoms with Gasteiger partial charge in [0.15, 0.2) is 0 Å². The largest absolute Gasteiger partial charge is 0.324 e. The second kappa shape index (κ2) is 12.7. The first-order chi connectivity index (χ1) is 10.7. The topological polar surface area (TPSA) is 26.0 Å². The lowest BCUT2D eigenvalue weighted by Crippen LogP contribution is -2.04. The van der Waals surface area contributed by atoms with Gasteiger partial charge < -0.3 is 5.73 Å². The average Bonchev–Trinajstić information content (AvgIpc) is 2.53. The van der Waals surface area contributed by atoms with Crippen molar-refractivity contribution in [1.82, 2.24) is 0 Å². The van der Waals surface area contributed by atoms with E-state index in [9.17, 15) is 0 Å². The van der Waals surface area contributed by atoms with Crippen LogP contribution in [-0.2, 0) is 6.42 Å². The second-order valence-corrected chi connectivity index (χ2v) is 6.82. The van der Waals surface area contributed by atoms with Crippen LogP contribution in [0.2, 0.25) is 0 Å². The van der Waals surface area contributed by atoms with Gasteiger partial charge in [-0.05, 0) is 30.9 Å². The van der Waals surface area contributed by atoms with Crippen molar-refractivity contribution in [2.75, 3.05) is 0 Å². The molecule has 1 aromatic carbocycles. The lowest BCUT2D eigenvalue weighted by atomic mass is 10.0. The Morgan fingerprint density at radius 1 is 0.727 bits per heavy atom. The van der Waals surface area contributed by atoms with E-state index in [1.807, 2.05) is 6.92 Å². The summed E-state index contributed by atoms with van der Waals surface area (Å²) in [4.78, 5) is 0. The molecule has 0 saturated heterocycles. The zero-order chi connectivity index (χ0) is 16.0. The highest BCUT2D eigenvalue weighted by atomic mass is 14.6. The fourth-order valence-electron chi connectivity index (χ4n) is 2.98. The molecule has 0 fully saturated rings. The van der Waals surface area contributed by atoms with Crippen molar-refractivity contribution in [1.29, 1.82) is 0 Å². The van der Waals surface area contributed by atoms with Crippen LogP contribution in [0.5, 0.6) is 0 Å². The first-order valence-corrected chi connectivity index (χ1v) is 9.58. The molecule has 0 spiro atoms. The summed E-state index contributed by atoms with van der Waals surface area (Å²) in [6, 6.07) is 9.00. The number of benzene rings is 1. The van der Waals surface area contributed by atoms with Crippen LogP contribution in [0.3, 0.4) is 0 Å². The number of unbranched alkanes of at least 4 members (excludes halogenated alkanes) is 10. The summed E-state index contributed by atoms with van der Waals surface area (Å²) in [6.45, 7) is 4.33. The average molecular weight is 304 g/mol. The molecule has 0 aliphatic carbocycles. The van der Waals surface area contributed by atoms with Gasteiger partial charge in [0.2, 0.25) is 0 Å². The Hall–Kier alpha value is -0.820. The highest BCUT2D eigenvalue weighted by Gasteiger charge is 1.99. The summed E-state index contributed by atoms with van der Waals surface area (Å²) in [5.41, 5.74) is 8.57. The zero-order valence-electron chi connectivity index (χ0n) is 14.9. The Morgan fingerprint density at radius 2 is 1.18 bits per heavy atom. The van der Waals surface area contributed by atoms with Gasteiger partial charge in [0.25, 0.3) is 0 Å². The van der Waals surface area contributed by atoms with Gasteiger partial charge in [0.1, 0.15) is 0 Å². The first kappa shape index (κ1) is 19.2. The van der Waals surface area contributed by atoms with E-state index in [4.69, 9.17) is 5.73 Å². The van der Waals surface area contributed by atoms with Crippen molar-refractivity contribution in [2.24, 2.45) is 5.73 Å². The van der Waals surface area contributed by atoms with Gasteiger partial charge in [0, 0.05) is 6.04 Å². The van der Waals surface area contributed by atoms with Gasteiger partial charge in [0.05, 0.1) is 0 Å². The molecule has 1 nitrogen and oxygen atoms in total. The third kappa shape index (κ3) is 9.25. The quantitative estimate of drug-likeness (QED) is 0.410. The van der Waals surface area contributed by atoms with Crippen LogP contribution in [0.4, 0.5) is 0 Å². The third-order valence-electron chi connectivity index (χ3n) is 4.57. The second-order valence-electron chi connectivity index (χ2n) is 6.82. The maximum atomic E-state index is 5.88. The van der Waals surface area contributed by atoms with Gasteiger partial charge in [-0.25, -0.2) is 0 Å². The Balaban J connectivity index is 1.93. The summed E-state index contributed by atoms with van der Waals surface area (Å²) >= 11 is 0. The summed E-state index contributed by atoms with van der Waals surface area (Å²) in [6.07, 6.45) is 16.8. The van der Waals surface area contributed by atoms with E-state index < -0.39 is 0 Å². The van der Waals surface area contributed by atoms with Crippen molar-refractivity contribution < 1.29 is 0 Å². The first-order valence-electron chi connectivity index (χ1n) is 9.58. The van der Waals surface area contributed by atoms with E-state index in [1.54, 1.807) is 0 Å². The van der Waals surface area contributed by atoms with Crippen LogP contribution in [0.25, 0.3) is 0 Å². The summed E-state index contributed by atoms with van der Waals surface area (Å²) in [7, 11) is 0. The fraction of sp³-hybridized carbons (Fsp3) is 0.714. The zero-order valence-corrected chi connectivity index (χ0v) is 14.9. The van der Waals surface area contributed by atoms with Gasteiger partial charge in [-0.1, -0.05) is 95.4 Å². The predicted molar refractivity (Wildman–Crippen MR) is 99.2 cm³/mol. The van der Waals surface area contributed by atoms with E-state index >= 15 is 0 Å². The number of hydrogen-bond donors (Lipinski definition) is 1. The minimum absolute atomic E-state index is 0.149. The minimum Gasteiger partial charge on any atom is -0.324 e. The van der Waals surface area contributed by atoms with Crippen LogP contribution >= 0.6 is 0 Å². The molecule has 22 heavy (non-hydrogen) atoms. The Morgan fingerprint density at radius 3 is 1.64 bits per heavy atom. The van der Waals surface area contributed by atoms with E-state index in [1.165, 1.54) is 88.2 Å². The molecule has 1 rings (SSSR count). The van der Waals surface area contributed by atoms with Gasteiger partial charge >= 0.3 is 0 Å².